The van der Waals surface area contributed by atoms with Crippen LogP contribution in [0, 0.1) is 0 Å². The fraction of sp³-hybridized carbons (Fsp3) is 1.00. The van der Waals surface area contributed by atoms with Gasteiger partial charge in [-0.1, -0.05) is 0 Å². The van der Waals surface area contributed by atoms with Crippen molar-refractivity contribution in [1.82, 2.24) is 0 Å². The number of hydrogen-bond donors (Lipinski definition) is 1. The van der Waals surface area contributed by atoms with E-state index in [1.165, 1.54) is 0 Å². The number of nitrogens with two attached hydrogens (primary N) is 1. The lowest BCUT2D eigenvalue weighted by Crippen LogP contribution is -2.31. The molecule has 1 aliphatic carbocycles. The molecule has 0 heterocycles. The van der Waals surface area contributed by atoms with Gasteiger partial charge in [0.15, 0.2) is 0 Å². The molecule has 2 N–H and O–H groups in total. The molecule has 0 aromatic heterocycles. The van der Waals surface area contributed by atoms with E-state index in [0.29, 0.717) is 12.8 Å². The van der Waals surface area contributed by atoms with E-state index in [4.69, 9.17) is 16.7 Å². The van der Waals surface area contributed by atoms with Gasteiger partial charge in [0, 0.05) is 5.88 Å². The Balaban J connectivity index is 2.85. The van der Waals surface area contributed by atoms with Crippen LogP contribution in [0.4, 0.5) is 0 Å². The molecule has 0 bridgehead atoms. The minimum Gasteiger partial charge on any atom is -0.228 e. The molecule has 5 heteroatoms. The smallest absolute Gasteiger partial charge is 0.216 e. The molecule has 1 rings (SSSR count). The van der Waals surface area contributed by atoms with Gasteiger partial charge in [-0.15, -0.1) is 11.6 Å². The molecule has 54 valence electrons. The number of hydrogen-bond acceptors (Lipinski definition) is 2. The fourth-order valence-electron chi connectivity index (χ4n) is 0.634. The molecule has 0 radical (unpaired) electrons. The third kappa shape index (κ3) is 1.07. The minimum atomic E-state index is -3.37. The van der Waals surface area contributed by atoms with Crippen LogP contribution in [0.25, 0.3) is 0 Å². The van der Waals surface area contributed by atoms with Crippen LogP contribution in [0.3, 0.4) is 0 Å². The van der Waals surface area contributed by atoms with Crippen molar-refractivity contribution < 1.29 is 8.42 Å². The highest BCUT2D eigenvalue weighted by Gasteiger charge is 2.52. The Labute approximate surface area is 59.2 Å². The van der Waals surface area contributed by atoms with Gasteiger partial charge in [-0.2, -0.15) is 0 Å². The summed E-state index contributed by atoms with van der Waals surface area (Å²) in [7, 11) is -3.37. The summed E-state index contributed by atoms with van der Waals surface area (Å²) in [5, 5.41) is 4.87. The summed E-state index contributed by atoms with van der Waals surface area (Å²) in [4.78, 5) is 0. The topological polar surface area (TPSA) is 60.2 Å². The zero-order chi connectivity index (χ0) is 7.12. The molecule has 0 aliphatic heterocycles. The van der Waals surface area contributed by atoms with Crippen LogP contribution in [0.5, 0.6) is 0 Å². The van der Waals surface area contributed by atoms with E-state index in [-0.39, 0.29) is 5.88 Å². The van der Waals surface area contributed by atoms with Gasteiger partial charge in [0.2, 0.25) is 10.0 Å². The highest BCUT2D eigenvalue weighted by atomic mass is 35.5. The maximum Gasteiger partial charge on any atom is 0.216 e. The Morgan fingerprint density at radius 2 is 2.00 bits per heavy atom. The summed E-state index contributed by atoms with van der Waals surface area (Å²) < 4.78 is 20.5. The predicted molar refractivity (Wildman–Crippen MR) is 35.8 cm³/mol. The van der Waals surface area contributed by atoms with Crippen molar-refractivity contribution in [3.05, 3.63) is 0 Å². The first kappa shape index (κ1) is 7.31. The molecule has 3 nitrogen and oxygen atoms in total. The average Bonchev–Trinajstić information content (AvgIpc) is 2.40. The molecular weight excluding hydrogens is 162 g/mol. The largest absolute Gasteiger partial charge is 0.228 e. The molecular formula is C4H8ClNO2S. The van der Waals surface area contributed by atoms with E-state index in [1.54, 1.807) is 0 Å². The normalized spacial score (nSPS) is 23.8. The molecule has 0 amide bonds. The first-order chi connectivity index (χ1) is 4.02. The third-order valence-electron chi connectivity index (χ3n) is 1.65. The van der Waals surface area contributed by atoms with Crippen LogP contribution in [0.2, 0.25) is 0 Å². The number of primary sulfonamides is 1. The van der Waals surface area contributed by atoms with Gasteiger partial charge in [-0.05, 0) is 12.8 Å². The maximum atomic E-state index is 10.6. The van der Waals surface area contributed by atoms with Gasteiger partial charge in [0.25, 0.3) is 0 Å². The van der Waals surface area contributed by atoms with Crippen molar-refractivity contribution in [3.8, 4) is 0 Å². The van der Waals surface area contributed by atoms with Crippen molar-refractivity contribution >= 4 is 21.6 Å². The highest BCUT2D eigenvalue weighted by molar-refractivity contribution is 7.91. The summed E-state index contributed by atoms with van der Waals surface area (Å²) in [6.07, 6.45) is 1.24. The van der Waals surface area contributed by atoms with E-state index < -0.39 is 14.8 Å². The molecule has 0 unspecified atom stereocenters. The van der Waals surface area contributed by atoms with Crippen molar-refractivity contribution in [1.29, 1.82) is 0 Å². The van der Waals surface area contributed by atoms with Gasteiger partial charge in [0.05, 0.1) is 4.75 Å². The van der Waals surface area contributed by atoms with Crippen LogP contribution < -0.4 is 5.14 Å². The molecule has 0 atom stereocenters. The average molecular weight is 170 g/mol. The minimum absolute atomic E-state index is 0.131. The fourth-order valence-corrected chi connectivity index (χ4v) is 2.18. The Kier molecular flexibility index (Phi) is 1.49. The third-order valence-corrected chi connectivity index (χ3v) is 4.08. The van der Waals surface area contributed by atoms with Gasteiger partial charge in [-0.25, -0.2) is 13.6 Å². The van der Waals surface area contributed by atoms with Gasteiger partial charge in [-0.3, -0.25) is 0 Å². The van der Waals surface area contributed by atoms with E-state index in [0.717, 1.165) is 0 Å². The lowest BCUT2D eigenvalue weighted by atomic mass is 10.5. The number of sulfonamides is 1. The molecule has 1 fully saturated rings. The molecule has 1 saturated carbocycles. The second kappa shape index (κ2) is 1.84. The summed E-state index contributed by atoms with van der Waals surface area (Å²) >= 11 is 5.38. The first-order valence-electron chi connectivity index (χ1n) is 2.60. The molecule has 1 aliphatic rings. The maximum absolute atomic E-state index is 10.6. The lowest BCUT2D eigenvalue weighted by Gasteiger charge is -2.05. The standard InChI is InChI=1S/C4H8ClNO2S/c5-3-4(1-2-4)9(6,7)8/h1-3H2,(H2,6,7,8). The van der Waals surface area contributed by atoms with Crippen molar-refractivity contribution in [2.45, 2.75) is 17.6 Å². The summed E-state index contributed by atoms with van der Waals surface area (Å²) in [6.45, 7) is 0. The van der Waals surface area contributed by atoms with Crippen LogP contribution in [0.15, 0.2) is 0 Å². The second-order valence-corrected chi connectivity index (χ2v) is 4.58. The summed E-state index contributed by atoms with van der Waals surface area (Å²) in [5.74, 6) is 0.131. The van der Waals surface area contributed by atoms with E-state index >= 15 is 0 Å². The Morgan fingerprint density at radius 3 is 2.00 bits per heavy atom. The first-order valence-corrected chi connectivity index (χ1v) is 4.68. The van der Waals surface area contributed by atoms with Crippen LogP contribution in [-0.4, -0.2) is 19.0 Å². The number of alkyl halides is 1. The second-order valence-electron chi connectivity index (χ2n) is 2.36. The van der Waals surface area contributed by atoms with E-state index in [2.05, 4.69) is 0 Å². The van der Waals surface area contributed by atoms with E-state index in [9.17, 15) is 8.42 Å². The SMILES string of the molecule is NS(=O)(=O)C1(CCl)CC1. The summed E-state index contributed by atoms with van der Waals surface area (Å²) in [6, 6.07) is 0. The van der Waals surface area contributed by atoms with Crippen LogP contribution >= 0.6 is 11.6 Å². The quantitative estimate of drug-likeness (QED) is 0.594. The van der Waals surface area contributed by atoms with E-state index in [1.807, 2.05) is 0 Å². The molecule has 0 spiro atoms. The zero-order valence-corrected chi connectivity index (χ0v) is 6.37. The Bertz CT molecular complexity index is 207. The van der Waals surface area contributed by atoms with Crippen LogP contribution in [-0.2, 0) is 10.0 Å². The van der Waals surface area contributed by atoms with Crippen molar-refractivity contribution in [2.75, 3.05) is 5.88 Å². The lowest BCUT2D eigenvalue weighted by molar-refractivity contribution is 0.584. The number of rotatable bonds is 2. The van der Waals surface area contributed by atoms with Gasteiger partial charge >= 0.3 is 0 Å². The Morgan fingerprint density at radius 1 is 1.56 bits per heavy atom. The molecule has 0 aromatic rings. The van der Waals surface area contributed by atoms with Gasteiger partial charge < -0.3 is 0 Å². The summed E-state index contributed by atoms with van der Waals surface area (Å²) in [5.41, 5.74) is 0. The van der Waals surface area contributed by atoms with Crippen molar-refractivity contribution in [2.24, 2.45) is 5.14 Å². The van der Waals surface area contributed by atoms with Crippen LogP contribution in [0.1, 0.15) is 12.8 Å². The molecule has 9 heavy (non-hydrogen) atoms. The molecule has 0 saturated heterocycles. The Hall–Kier alpha value is 0.200. The van der Waals surface area contributed by atoms with Gasteiger partial charge in [0.1, 0.15) is 0 Å². The van der Waals surface area contributed by atoms with Crippen molar-refractivity contribution in [3.63, 3.8) is 0 Å². The zero-order valence-electron chi connectivity index (χ0n) is 4.80. The number of halogens is 1. The highest BCUT2D eigenvalue weighted by Crippen LogP contribution is 2.42. The predicted octanol–water partition coefficient (Wildman–Crippen LogP) is 0.0463. The molecule has 0 aromatic carbocycles. The monoisotopic (exact) mass is 169 g/mol.